The molecule has 0 saturated carbocycles. The topological polar surface area (TPSA) is 108 Å². The number of aromatic nitrogens is 1. The van der Waals surface area contributed by atoms with Gasteiger partial charge in [-0.05, 0) is 12.1 Å². The third kappa shape index (κ3) is 2.66. The molecule has 0 fully saturated rings. The van der Waals surface area contributed by atoms with Gasteiger partial charge < -0.3 is 15.4 Å². The number of halogens is 1. The summed E-state index contributed by atoms with van der Waals surface area (Å²) in [5, 5.41) is 22.8. The van der Waals surface area contributed by atoms with Crippen LogP contribution in [-0.4, -0.2) is 20.9 Å². The summed E-state index contributed by atoms with van der Waals surface area (Å²) < 4.78 is 0. The molecule has 98 valence electrons. The zero-order valence-corrected chi connectivity index (χ0v) is 10.1. The van der Waals surface area contributed by atoms with Gasteiger partial charge in [0.1, 0.15) is 0 Å². The molecule has 2 aromatic rings. The zero-order chi connectivity index (χ0) is 14.0. The molecule has 8 heteroatoms. The Hall–Kier alpha value is -2.54. The first-order valence-corrected chi connectivity index (χ1v) is 5.48. The molecule has 0 aliphatic rings. The summed E-state index contributed by atoms with van der Waals surface area (Å²) in [7, 11) is 0. The predicted molar refractivity (Wildman–Crippen MR) is 68.5 cm³/mol. The molecule has 0 radical (unpaired) electrons. The fourth-order valence-electron chi connectivity index (χ4n) is 1.48. The lowest BCUT2D eigenvalue weighted by Gasteiger charge is -2.07. The molecule has 2 rings (SSSR count). The fraction of sp³-hybridized carbons (Fsp3) is 0. The summed E-state index contributed by atoms with van der Waals surface area (Å²) in [6, 6.07) is 3.75. The van der Waals surface area contributed by atoms with E-state index in [0.717, 1.165) is 6.07 Å². The summed E-state index contributed by atoms with van der Waals surface area (Å²) in [5.41, 5.74) is -0.371. The highest BCUT2D eigenvalue weighted by molar-refractivity contribution is 6.31. The first-order chi connectivity index (χ1) is 8.99. The lowest BCUT2D eigenvalue weighted by Crippen LogP contribution is -2.11. The number of anilines is 1. The predicted octanol–water partition coefficient (Wildman–Crippen LogP) is 2.53. The molecule has 1 aromatic heterocycles. The quantitative estimate of drug-likeness (QED) is 0.456. The van der Waals surface area contributed by atoms with Crippen LogP contribution < -0.4 is 5.32 Å². The van der Waals surface area contributed by atoms with Crippen molar-refractivity contribution in [2.75, 3.05) is 5.32 Å². The number of nitro benzene ring substituents is 1. The second-order valence-corrected chi connectivity index (χ2v) is 4.07. The van der Waals surface area contributed by atoms with Crippen molar-refractivity contribution in [2.45, 2.75) is 0 Å². The van der Waals surface area contributed by atoms with Gasteiger partial charge in [-0.3, -0.25) is 14.9 Å². The Morgan fingerprint density at radius 3 is 2.79 bits per heavy atom. The molecule has 0 bridgehead atoms. The van der Waals surface area contributed by atoms with Gasteiger partial charge in [0.25, 0.3) is 5.91 Å². The van der Waals surface area contributed by atoms with Crippen molar-refractivity contribution < 1.29 is 14.8 Å². The summed E-state index contributed by atoms with van der Waals surface area (Å²) >= 11 is 5.70. The molecule has 7 nitrogen and oxygen atoms in total. The van der Waals surface area contributed by atoms with Crippen LogP contribution in [0.4, 0.5) is 11.4 Å². The number of hydrogen-bond acceptors (Lipinski definition) is 4. The van der Waals surface area contributed by atoms with Gasteiger partial charge >= 0.3 is 5.69 Å². The van der Waals surface area contributed by atoms with E-state index in [1.54, 1.807) is 6.20 Å². The minimum absolute atomic E-state index is 0.0360. The number of nitro groups is 1. The Morgan fingerprint density at radius 1 is 1.47 bits per heavy atom. The van der Waals surface area contributed by atoms with Crippen LogP contribution in [-0.2, 0) is 0 Å². The van der Waals surface area contributed by atoms with Crippen molar-refractivity contribution in [3.05, 3.63) is 51.3 Å². The lowest BCUT2D eigenvalue weighted by molar-refractivity contribution is -0.385. The molecular formula is C11H8ClN3O4. The minimum atomic E-state index is -0.785. The number of carbonyl (C=O) groups excluding carboxylic acids is 1. The Bertz CT molecular complexity index is 640. The highest BCUT2D eigenvalue weighted by Gasteiger charge is 2.20. The zero-order valence-electron chi connectivity index (χ0n) is 9.38. The number of amides is 1. The number of rotatable bonds is 3. The van der Waals surface area contributed by atoms with Crippen LogP contribution in [0.5, 0.6) is 5.75 Å². The minimum Gasteiger partial charge on any atom is -0.501 e. The third-order valence-corrected chi connectivity index (χ3v) is 2.58. The van der Waals surface area contributed by atoms with Crippen molar-refractivity contribution in [1.82, 2.24) is 4.98 Å². The van der Waals surface area contributed by atoms with Gasteiger partial charge in [0.05, 0.1) is 16.2 Å². The van der Waals surface area contributed by atoms with Gasteiger partial charge in [-0.2, -0.15) is 0 Å². The van der Waals surface area contributed by atoms with E-state index >= 15 is 0 Å². The molecule has 1 aromatic carbocycles. The van der Waals surface area contributed by atoms with E-state index in [0.29, 0.717) is 5.56 Å². The molecule has 1 heterocycles. The average molecular weight is 282 g/mol. The summed E-state index contributed by atoms with van der Waals surface area (Å²) in [6.07, 6.45) is 3.00. The number of nitrogens with zero attached hydrogens (tertiary/aromatic N) is 1. The van der Waals surface area contributed by atoms with Crippen molar-refractivity contribution in [2.24, 2.45) is 0 Å². The number of phenols is 1. The van der Waals surface area contributed by atoms with Gasteiger partial charge in [-0.15, -0.1) is 0 Å². The summed E-state index contributed by atoms with van der Waals surface area (Å²) in [5.74, 6) is -1.16. The van der Waals surface area contributed by atoms with Crippen LogP contribution in [0.3, 0.4) is 0 Å². The first-order valence-electron chi connectivity index (χ1n) is 5.10. The van der Waals surface area contributed by atoms with E-state index in [4.69, 9.17) is 11.6 Å². The number of H-pyrrole nitrogens is 1. The molecule has 0 saturated heterocycles. The van der Waals surface area contributed by atoms with E-state index in [1.165, 1.54) is 18.3 Å². The second kappa shape index (κ2) is 4.99. The fourth-order valence-corrected chi connectivity index (χ4v) is 1.69. The van der Waals surface area contributed by atoms with Crippen LogP contribution >= 0.6 is 11.6 Å². The average Bonchev–Trinajstić information content (AvgIpc) is 2.86. The van der Waals surface area contributed by atoms with E-state index in [2.05, 4.69) is 10.3 Å². The SMILES string of the molecule is O=C(Nc1cc(Cl)cc([N+](=O)[O-])c1O)c1cc[nH]c1. The van der Waals surface area contributed by atoms with E-state index in [9.17, 15) is 20.0 Å². The number of carbonyl (C=O) groups is 1. The maximum Gasteiger partial charge on any atom is 0.314 e. The number of aromatic amines is 1. The molecular weight excluding hydrogens is 274 g/mol. The van der Waals surface area contributed by atoms with Gasteiger partial charge in [0.2, 0.25) is 5.75 Å². The van der Waals surface area contributed by atoms with Gasteiger partial charge in [-0.1, -0.05) is 11.6 Å². The summed E-state index contributed by atoms with van der Waals surface area (Å²) in [4.78, 5) is 24.4. The Balaban J connectivity index is 2.35. The molecule has 0 unspecified atom stereocenters. The maximum absolute atomic E-state index is 11.8. The van der Waals surface area contributed by atoms with Crippen LogP contribution in [0.2, 0.25) is 5.02 Å². The van der Waals surface area contributed by atoms with Gasteiger partial charge in [-0.25, -0.2) is 0 Å². The van der Waals surface area contributed by atoms with Gasteiger partial charge in [0.15, 0.2) is 0 Å². The maximum atomic E-state index is 11.8. The van der Waals surface area contributed by atoms with Crippen LogP contribution in [0.1, 0.15) is 10.4 Å². The van der Waals surface area contributed by atoms with Crippen molar-refractivity contribution in [1.29, 1.82) is 0 Å². The van der Waals surface area contributed by atoms with Crippen LogP contribution in [0.15, 0.2) is 30.6 Å². The molecule has 3 N–H and O–H groups in total. The van der Waals surface area contributed by atoms with Crippen molar-refractivity contribution >= 4 is 28.9 Å². The lowest BCUT2D eigenvalue weighted by atomic mass is 10.2. The number of hydrogen-bond donors (Lipinski definition) is 3. The highest BCUT2D eigenvalue weighted by atomic mass is 35.5. The smallest absolute Gasteiger partial charge is 0.314 e. The molecule has 0 spiro atoms. The summed E-state index contributed by atoms with van der Waals surface area (Å²) in [6.45, 7) is 0. The van der Waals surface area contributed by atoms with E-state index < -0.39 is 22.3 Å². The Kier molecular flexibility index (Phi) is 3.39. The first kappa shape index (κ1) is 12.9. The number of benzene rings is 1. The molecule has 19 heavy (non-hydrogen) atoms. The molecule has 0 aliphatic heterocycles. The van der Waals surface area contributed by atoms with E-state index in [-0.39, 0.29) is 10.7 Å². The molecule has 0 atom stereocenters. The second-order valence-electron chi connectivity index (χ2n) is 3.63. The number of nitrogens with one attached hydrogen (secondary N) is 2. The van der Waals surface area contributed by atoms with Crippen molar-refractivity contribution in [3.8, 4) is 5.75 Å². The Morgan fingerprint density at radius 2 is 2.21 bits per heavy atom. The normalized spacial score (nSPS) is 10.2. The molecule has 1 amide bonds. The number of aromatic hydroxyl groups is 1. The monoisotopic (exact) mass is 281 g/mol. The Labute approximate surface area is 112 Å². The van der Waals surface area contributed by atoms with Gasteiger partial charge in [0, 0.05) is 23.5 Å². The standard InChI is InChI=1S/C11H8ClN3O4/c12-7-3-8(10(16)9(4-7)15(18)19)14-11(17)6-1-2-13-5-6/h1-5,13,16H,(H,14,17). The number of phenolic OH excluding ortho intramolecular Hbond substituents is 1. The third-order valence-electron chi connectivity index (χ3n) is 2.36. The van der Waals surface area contributed by atoms with Crippen molar-refractivity contribution in [3.63, 3.8) is 0 Å². The van der Waals surface area contributed by atoms with E-state index in [1.807, 2.05) is 0 Å². The largest absolute Gasteiger partial charge is 0.501 e. The molecule has 0 aliphatic carbocycles. The highest BCUT2D eigenvalue weighted by Crippen LogP contribution is 2.37. The van der Waals surface area contributed by atoms with Crippen LogP contribution in [0.25, 0.3) is 0 Å². The van der Waals surface area contributed by atoms with Crippen LogP contribution in [0, 0.1) is 10.1 Å².